The zero-order chi connectivity index (χ0) is 14.2. The van der Waals surface area contributed by atoms with Crippen LogP contribution in [0.25, 0.3) is 0 Å². The Morgan fingerprint density at radius 3 is 3.10 bits per heavy atom. The summed E-state index contributed by atoms with van der Waals surface area (Å²) in [6.07, 6.45) is 3.10. The first-order chi connectivity index (χ1) is 9.83. The van der Waals surface area contributed by atoms with Gasteiger partial charge in [0.2, 0.25) is 0 Å². The monoisotopic (exact) mass is 289 g/mol. The van der Waals surface area contributed by atoms with Crippen molar-refractivity contribution in [3.63, 3.8) is 0 Å². The maximum absolute atomic E-state index is 9.23. The Labute approximate surface area is 122 Å². The molecule has 5 nitrogen and oxygen atoms in total. The SMILES string of the molecule is COCCNCc1ccc(Sc2ncco2)c(C#N)c1. The summed E-state index contributed by atoms with van der Waals surface area (Å²) in [6.45, 7) is 2.16. The fraction of sp³-hybridized carbons (Fsp3) is 0.286. The van der Waals surface area contributed by atoms with Crippen molar-refractivity contribution < 1.29 is 9.15 Å². The van der Waals surface area contributed by atoms with E-state index >= 15 is 0 Å². The Morgan fingerprint density at radius 2 is 2.40 bits per heavy atom. The lowest BCUT2D eigenvalue weighted by molar-refractivity contribution is 0.199. The molecule has 0 atom stereocenters. The van der Waals surface area contributed by atoms with E-state index in [1.807, 2.05) is 18.2 Å². The van der Waals surface area contributed by atoms with Gasteiger partial charge in [0.15, 0.2) is 0 Å². The van der Waals surface area contributed by atoms with Crippen molar-refractivity contribution in [3.05, 3.63) is 41.8 Å². The van der Waals surface area contributed by atoms with E-state index in [1.165, 1.54) is 18.0 Å². The molecule has 0 aliphatic heterocycles. The van der Waals surface area contributed by atoms with Crippen LogP contribution in [0, 0.1) is 11.3 Å². The van der Waals surface area contributed by atoms with Crippen molar-refractivity contribution in [2.45, 2.75) is 16.7 Å². The summed E-state index contributed by atoms with van der Waals surface area (Å²) in [5, 5.41) is 13.0. The van der Waals surface area contributed by atoms with Crippen LogP contribution in [-0.2, 0) is 11.3 Å². The minimum atomic E-state index is 0.535. The molecular formula is C14H15N3O2S. The maximum Gasteiger partial charge on any atom is 0.260 e. The molecule has 0 amide bonds. The van der Waals surface area contributed by atoms with Crippen molar-refractivity contribution >= 4 is 11.8 Å². The Balaban J connectivity index is 2.02. The van der Waals surface area contributed by atoms with Gasteiger partial charge in [-0.05, 0) is 29.5 Å². The highest BCUT2D eigenvalue weighted by atomic mass is 32.2. The van der Waals surface area contributed by atoms with Gasteiger partial charge in [0.25, 0.3) is 5.22 Å². The molecule has 1 heterocycles. The summed E-state index contributed by atoms with van der Waals surface area (Å²) >= 11 is 1.35. The lowest BCUT2D eigenvalue weighted by atomic mass is 10.1. The second-order valence-electron chi connectivity index (χ2n) is 4.01. The molecule has 2 aromatic rings. The van der Waals surface area contributed by atoms with Crippen LogP contribution >= 0.6 is 11.8 Å². The van der Waals surface area contributed by atoms with E-state index in [0.29, 0.717) is 23.9 Å². The van der Waals surface area contributed by atoms with Gasteiger partial charge >= 0.3 is 0 Å². The second kappa shape index (κ2) is 7.70. The molecule has 0 unspecified atom stereocenters. The number of nitrogens with zero attached hydrogens (tertiary/aromatic N) is 2. The largest absolute Gasteiger partial charge is 0.440 e. The van der Waals surface area contributed by atoms with Crippen LogP contribution in [0.5, 0.6) is 0 Å². The Bertz CT molecular complexity index is 579. The molecule has 0 aliphatic carbocycles. The number of nitrogens with one attached hydrogen (secondary N) is 1. The highest BCUT2D eigenvalue weighted by molar-refractivity contribution is 7.99. The Kier molecular flexibility index (Phi) is 5.62. The maximum atomic E-state index is 9.23. The number of ether oxygens (including phenoxy) is 1. The first-order valence-electron chi connectivity index (χ1n) is 6.13. The van der Waals surface area contributed by atoms with Gasteiger partial charge in [-0.2, -0.15) is 5.26 Å². The lowest BCUT2D eigenvalue weighted by Crippen LogP contribution is -2.18. The van der Waals surface area contributed by atoms with E-state index < -0.39 is 0 Å². The molecule has 20 heavy (non-hydrogen) atoms. The third kappa shape index (κ3) is 4.10. The van der Waals surface area contributed by atoms with E-state index in [1.54, 1.807) is 13.3 Å². The third-order valence-corrected chi connectivity index (χ3v) is 3.54. The first-order valence-corrected chi connectivity index (χ1v) is 6.95. The van der Waals surface area contributed by atoms with E-state index in [-0.39, 0.29) is 0 Å². The molecule has 0 radical (unpaired) electrons. The van der Waals surface area contributed by atoms with Crippen molar-refractivity contribution in [1.29, 1.82) is 5.26 Å². The Hall–Kier alpha value is -1.81. The predicted molar refractivity (Wildman–Crippen MR) is 75.4 cm³/mol. The zero-order valence-electron chi connectivity index (χ0n) is 11.1. The number of methoxy groups -OCH3 is 1. The van der Waals surface area contributed by atoms with Gasteiger partial charge in [-0.25, -0.2) is 4.98 Å². The molecular weight excluding hydrogens is 274 g/mol. The van der Waals surface area contributed by atoms with Gasteiger partial charge in [-0.3, -0.25) is 0 Å². The molecule has 0 spiro atoms. The molecule has 0 saturated heterocycles. The summed E-state index contributed by atoms with van der Waals surface area (Å²) in [4.78, 5) is 4.88. The van der Waals surface area contributed by atoms with E-state index in [2.05, 4.69) is 16.4 Å². The van der Waals surface area contributed by atoms with E-state index in [4.69, 9.17) is 9.15 Å². The van der Waals surface area contributed by atoms with Crippen LogP contribution in [0.1, 0.15) is 11.1 Å². The quantitative estimate of drug-likeness (QED) is 0.789. The summed E-state index contributed by atoms with van der Waals surface area (Å²) in [5.74, 6) is 0. The molecule has 0 bridgehead atoms. The zero-order valence-corrected chi connectivity index (χ0v) is 11.9. The topological polar surface area (TPSA) is 71.1 Å². The van der Waals surface area contributed by atoms with E-state index in [0.717, 1.165) is 17.0 Å². The van der Waals surface area contributed by atoms with Crippen LogP contribution in [0.3, 0.4) is 0 Å². The lowest BCUT2D eigenvalue weighted by Gasteiger charge is -2.06. The highest BCUT2D eigenvalue weighted by Gasteiger charge is 2.08. The van der Waals surface area contributed by atoms with Gasteiger partial charge in [0.1, 0.15) is 12.3 Å². The number of benzene rings is 1. The number of hydrogen-bond donors (Lipinski definition) is 1. The van der Waals surface area contributed by atoms with Crippen LogP contribution in [0.15, 0.2) is 45.2 Å². The summed E-state index contributed by atoms with van der Waals surface area (Å²) in [6, 6.07) is 8.00. The molecule has 0 aliphatic rings. The van der Waals surface area contributed by atoms with Crippen LogP contribution in [-0.4, -0.2) is 25.2 Å². The summed E-state index contributed by atoms with van der Waals surface area (Å²) < 4.78 is 10.1. The molecule has 1 aromatic heterocycles. The molecule has 1 N–H and O–H groups in total. The molecule has 6 heteroatoms. The molecule has 0 fully saturated rings. The number of nitriles is 1. The number of hydrogen-bond acceptors (Lipinski definition) is 6. The first kappa shape index (κ1) is 14.6. The molecule has 0 saturated carbocycles. The van der Waals surface area contributed by atoms with Crippen molar-refractivity contribution in [1.82, 2.24) is 10.3 Å². The average Bonchev–Trinajstić information content (AvgIpc) is 2.98. The Morgan fingerprint density at radius 1 is 1.50 bits per heavy atom. The number of rotatable bonds is 7. The van der Waals surface area contributed by atoms with Gasteiger partial charge in [-0.1, -0.05) is 6.07 Å². The fourth-order valence-electron chi connectivity index (χ4n) is 1.63. The van der Waals surface area contributed by atoms with Crippen molar-refractivity contribution in [3.8, 4) is 6.07 Å². The van der Waals surface area contributed by atoms with Crippen molar-refractivity contribution in [2.75, 3.05) is 20.3 Å². The summed E-state index contributed by atoms with van der Waals surface area (Å²) in [7, 11) is 1.67. The number of oxazole rings is 1. The van der Waals surface area contributed by atoms with Gasteiger partial charge in [0.05, 0.1) is 18.4 Å². The predicted octanol–water partition coefficient (Wildman–Crippen LogP) is 2.43. The standard InChI is InChI=1S/C14H15N3O2S/c1-18-6-4-16-10-11-2-3-13(12(8-11)9-15)20-14-17-5-7-19-14/h2-3,5,7-8,16H,4,6,10H2,1H3. The van der Waals surface area contributed by atoms with E-state index in [9.17, 15) is 5.26 Å². The summed E-state index contributed by atoms with van der Waals surface area (Å²) in [5.41, 5.74) is 1.69. The molecule has 104 valence electrons. The van der Waals surface area contributed by atoms with Gasteiger partial charge < -0.3 is 14.5 Å². The van der Waals surface area contributed by atoms with Gasteiger partial charge in [-0.15, -0.1) is 0 Å². The van der Waals surface area contributed by atoms with Gasteiger partial charge in [0, 0.05) is 25.1 Å². The van der Waals surface area contributed by atoms with Crippen LogP contribution in [0.4, 0.5) is 0 Å². The molecule has 1 aromatic carbocycles. The fourth-order valence-corrected chi connectivity index (χ4v) is 2.38. The highest BCUT2D eigenvalue weighted by Crippen LogP contribution is 2.29. The third-order valence-electron chi connectivity index (χ3n) is 2.58. The van der Waals surface area contributed by atoms with Crippen LogP contribution in [0.2, 0.25) is 0 Å². The minimum absolute atomic E-state index is 0.535. The van der Waals surface area contributed by atoms with Crippen LogP contribution < -0.4 is 5.32 Å². The second-order valence-corrected chi connectivity index (χ2v) is 5.01. The average molecular weight is 289 g/mol. The smallest absolute Gasteiger partial charge is 0.260 e. The number of aromatic nitrogens is 1. The normalized spacial score (nSPS) is 10.4. The molecule has 2 rings (SSSR count). The van der Waals surface area contributed by atoms with Crippen molar-refractivity contribution in [2.24, 2.45) is 0 Å². The minimum Gasteiger partial charge on any atom is -0.440 e.